The molecule has 0 bridgehead atoms. The Morgan fingerprint density at radius 1 is 1.37 bits per heavy atom. The topological polar surface area (TPSA) is 53.1 Å². The SMILES string of the molecule is Cc1nc2cc(N)ccc2n1C(C)C1CCOCC1. The molecule has 0 radical (unpaired) electrons. The van der Waals surface area contributed by atoms with Gasteiger partial charge in [0.15, 0.2) is 0 Å². The molecule has 0 spiro atoms. The number of fused-ring (bicyclic) bond motifs is 1. The van der Waals surface area contributed by atoms with Gasteiger partial charge in [-0.2, -0.15) is 0 Å². The van der Waals surface area contributed by atoms with Crippen LogP contribution in [0.2, 0.25) is 0 Å². The lowest BCUT2D eigenvalue weighted by Crippen LogP contribution is -2.24. The van der Waals surface area contributed by atoms with E-state index in [9.17, 15) is 0 Å². The van der Waals surface area contributed by atoms with Crippen molar-refractivity contribution in [1.82, 2.24) is 9.55 Å². The molecular weight excluding hydrogens is 238 g/mol. The van der Waals surface area contributed by atoms with Crippen LogP contribution in [0.1, 0.15) is 31.6 Å². The highest BCUT2D eigenvalue weighted by molar-refractivity contribution is 5.79. The van der Waals surface area contributed by atoms with Crippen molar-refractivity contribution in [3.8, 4) is 0 Å². The number of ether oxygens (including phenoxy) is 1. The zero-order valence-electron chi connectivity index (χ0n) is 11.6. The van der Waals surface area contributed by atoms with Crippen LogP contribution in [0, 0.1) is 12.8 Å². The van der Waals surface area contributed by atoms with Crippen LogP contribution >= 0.6 is 0 Å². The molecule has 19 heavy (non-hydrogen) atoms. The van der Waals surface area contributed by atoms with E-state index in [1.165, 1.54) is 5.52 Å². The predicted octanol–water partition coefficient (Wildman–Crippen LogP) is 2.91. The quantitative estimate of drug-likeness (QED) is 0.844. The van der Waals surface area contributed by atoms with Crippen molar-refractivity contribution in [3.05, 3.63) is 24.0 Å². The van der Waals surface area contributed by atoms with Gasteiger partial charge in [-0.05, 0) is 50.8 Å². The Morgan fingerprint density at radius 3 is 2.84 bits per heavy atom. The fourth-order valence-corrected chi connectivity index (χ4v) is 3.16. The van der Waals surface area contributed by atoms with Crippen LogP contribution in [0.5, 0.6) is 0 Å². The maximum atomic E-state index is 5.84. The van der Waals surface area contributed by atoms with Crippen LogP contribution in [0.15, 0.2) is 18.2 Å². The first-order valence-electron chi connectivity index (χ1n) is 6.98. The summed E-state index contributed by atoms with van der Waals surface area (Å²) in [7, 11) is 0. The molecule has 4 nitrogen and oxygen atoms in total. The minimum absolute atomic E-state index is 0.456. The maximum absolute atomic E-state index is 5.84. The molecule has 1 aromatic carbocycles. The number of benzene rings is 1. The van der Waals surface area contributed by atoms with E-state index in [1.807, 2.05) is 12.1 Å². The molecule has 2 heterocycles. The highest BCUT2D eigenvalue weighted by Crippen LogP contribution is 2.31. The lowest BCUT2D eigenvalue weighted by molar-refractivity contribution is 0.0516. The number of nitrogen functional groups attached to an aromatic ring is 1. The van der Waals surface area contributed by atoms with E-state index >= 15 is 0 Å². The molecule has 102 valence electrons. The molecular formula is C15H21N3O. The fraction of sp³-hybridized carbons (Fsp3) is 0.533. The Morgan fingerprint density at radius 2 is 2.11 bits per heavy atom. The van der Waals surface area contributed by atoms with Crippen molar-refractivity contribution < 1.29 is 4.74 Å². The van der Waals surface area contributed by atoms with Crippen LogP contribution in [-0.2, 0) is 4.74 Å². The average Bonchev–Trinajstić information content (AvgIpc) is 2.74. The Bertz CT molecular complexity index is 584. The van der Waals surface area contributed by atoms with Crippen LogP contribution in [0.3, 0.4) is 0 Å². The zero-order valence-corrected chi connectivity index (χ0v) is 11.6. The summed E-state index contributed by atoms with van der Waals surface area (Å²) in [5, 5.41) is 0. The van der Waals surface area contributed by atoms with Gasteiger partial charge < -0.3 is 15.0 Å². The first-order chi connectivity index (χ1) is 9.16. The lowest BCUT2D eigenvalue weighted by atomic mass is 9.92. The summed E-state index contributed by atoms with van der Waals surface area (Å²) >= 11 is 0. The van der Waals surface area contributed by atoms with Crippen LogP contribution in [-0.4, -0.2) is 22.8 Å². The van der Waals surface area contributed by atoms with Crippen LogP contribution in [0.4, 0.5) is 5.69 Å². The van der Waals surface area contributed by atoms with Gasteiger partial charge in [-0.1, -0.05) is 0 Å². The van der Waals surface area contributed by atoms with Crippen LogP contribution < -0.4 is 5.73 Å². The van der Waals surface area contributed by atoms with Crippen molar-refractivity contribution in [3.63, 3.8) is 0 Å². The van der Waals surface area contributed by atoms with E-state index in [-0.39, 0.29) is 0 Å². The largest absolute Gasteiger partial charge is 0.399 e. The van der Waals surface area contributed by atoms with Crippen molar-refractivity contribution >= 4 is 16.7 Å². The first-order valence-corrected chi connectivity index (χ1v) is 6.98. The molecule has 1 aliphatic rings. The Labute approximate surface area is 113 Å². The summed E-state index contributed by atoms with van der Waals surface area (Å²) in [5.74, 6) is 1.74. The average molecular weight is 259 g/mol. The Kier molecular flexibility index (Phi) is 3.19. The summed E-state index contributed by atoms with van der Waals surface area (Å²) in [6.07, 6.45) is 2.27. The molecule has 2 N–H and O–H groups in total. The molecule has 4 heteroatoms. The number of nitrogens with zero attached hydrogens (tertiary/aromatic N) is 2. The molecule has 1 atom stereocenters. The number of aromatic nitrogens is 2. The van der Waals surface area contributed by atoms with E-state index in [1.54, 1.807) is 0 Å². The second-order valence-corrected chi connectivity index (χ2v) is 5.47. The third-order valence-corrected chi connectivity index (χ3v) is 4.25. The van der Waals surface area contributed by atoms with Gasteiger partial charge in [0, 0.05) is 24.9 Å². The van der Waals surface area contributed by atoms with Gasteiger partial charge in [0.1, 0.15) is 5.82 Å². The highest BCUT2D eigenvalue weighted by atomic mass is 16.5. The molecule has 0 saturated carbocycles. The number of rotatable bonds is 2. The molecule has 1 unspecified atom stereocenters. The number of anilines is 1. The van der Waals surface area contributed by atoms with Crippen molar-refractivity contribution in [2.45, 2.75) is 32.7 Å². The van der Waals surface area contributed by atoms with Gasteiger partial charge in [-0.3, -0.25) is 0 Å². The van der Waals surface area contributed by atoms with E-state index in [2.05, 4.69) is 29.5 Å². The number of imidazole rings is 1. The second-order valence-electron chi connectivity index (χ2n) is 5.47. The van der Waals surface area contributed by atoms with Crippen molar-refractivity contribution in [2.24, 2.45) is 5.92 Å². The van der Waals surface area contributed by atoms with Gasteiger partial charge in [0.05, 0.1) is 11.0 Å². The smallest absolute Gasteiger partial charge is 0.106 e. The monoisotopic (exact) mass is 259 g/mol. The number of hydrogen-bond donors (Lipinski definition) is 1. The van der Waals surface area contributed by atoms with Crippen molar-refractivity contribution in [1.29, 1.82) is 0 Å². The molecule has 1 fully saturated rings. The summed E-state index contributed by atoms with van der Waals surface area (Å²) < 4.78 is 7.81. The summed E-state index contributed by atoms with van der Waals surface area (Å²) in [6.45, 7) is 6.13. The third kappa shape index (κ3) is 2.21. The normalized spacial score (nSPS) is 18.8. The molecule has 3 rings (SSSR count). The van der Waals surface area contributed by atoms with Crippen molar-refractivity contribution in [2.75, 3.05) is 18.9 Å². The third-order valence-electron chi connectivity index (χ3n) is 4.25. The predicted molar refractivity (Wildman–Crippen MR) is 77.1 cm³/mol. The van der Waals surface area contributed by atoms with E-state index < -0.39 is 0 Å². The second kappa shape index (κ2) is 4.85. The number of nitrogens with two attached hydrogens (primary N) is 1. The maximum Gasteiger partial charge on any atom is 0.106 e. The fourth-order valence-electron chi connectivity index (χ4n) is 3.16. The van der Waals surface area contributed by atoms with Gasteiger partial charge in [-0.15, -0.1) is 0 Å². The Hall–Kier alpha value is -1.55. The summed E-state index contributed by atoms with van der Waals surface area (Å²) in [5.41, 5.74) is 8.79. The molecule has 0 amide bonds. The molecule has 1 aliphatic heterocycles. The zero-order chi connectivity index (χ0) is 13.4. The lowest BCUT2D eigenvalue weighted by Gasteiger charge is -2.29. The number of aryl methyl sites for hydroxylation is 1. The van der Waals surface area contributed by atoms with E-state index in [0.717, 1.165) is 43.1 Å². The first kappa shape index (κ1) is 12.5. The summed E-state index contributed by atoms with van der Waals surface area (Å²) in [4.78, 5) is 4.64. The molecule has 1 saturated heterocycles. The van der Waals surface area contributed by atoms with E-state index in [0.29, 0.717) is 12.0 Å². The minimum atomic E-state index is 0.456. The molecule has 0 aliphatic carbocycles. The molecule has 2 aromatic rings. The highest BCUT2D eigenvalue weighted by Gasteiger charge is 2.24. The van der Waals surface area contributed by atoms with Crippen LogP contribution in [0.25, 0.3) is 11.0 Å². The number of hydrogen-bond acceptors (Lipinski definition) is 3. The van der Waals surface area contributed by atoms with Gasteiger partial charge in [-0.25, -0.2) is 4.98 Å². The Balaban J connectivity index is 2.01. The summed E-state index contributed by atoms with van der Waals surface area (Å²) in [6, 6.07) is 6.45. The standard InChI is InChI=1S/C15H21N3O/c1-10(12-5-7-19-8-6-12)18-11(2)17-14-9-13(16)3-4-15(14)18/h3-4,9-10,12H,5-8,16H2,1-2H3. The van der Waals surface area contributed by atoms with Gasteiger partial charge in [0.25, 0.3) is 0 Å². The molecule has 1 aromatic heterocycles. The van der Waals surface area contributed by atoms with Gasteiger partial charge >= 0.3 is 0 Å². The van der Waals surface area contributed by atoms with E-state index in [4.69, 9.17) is 10.5 Å². The minimum Gasteiger partial charge on any atom is -0.399 e. The van der Waals surface area contributed by atoms with Gasteiger partial charge in [0.2, 0.25) is 0 Å².